The highest BCUT2D eigenvalue weighted by molar-refractivity contribution is 5.86. The Labute approximate surface area is 133 Å². The van der Waals surface area contributed by atoms with Crippen LogP contribution in [0.15, 0.2) is 59.8 Å². The Hall–Kier alpha value is -3.08. The van der Waals surface area contributed by atoms with E-state index in [-0.39, 0.29) is 11.7 Å². The topological polar surface area (TPSA) is 77.5 Å². The maximum atomic E-state index is 11.9. The predicted octanol–water partition coefficient (Wildman–Crippen LogP) is 2.96. The molecule has 5 nitrogen and oxygen atoms in total. The summed E-state index contributed by atoms with van der Waals surface area (Å²) in [6, 6.07) is 14.8. The van der Waals surface area contributed by atoms with Gasteiger partial charge in [-0.3, -0.25) is 4.79 Å². The summed E-state index contributed by atoms with van der Waals surface area (Å²) in [5.74, 6) is -0.0359. The molecule has 1 amide bonds. The summed E-state index contributed by atoms with van der Waals surface area (Å²) < 4.78 is 0. The molecule has 5 heteroatoms. The van der Waals surface area contributed by atoms with Gasteiger partial charge in [-0.2, -0.15) is 5.10 Å². The number of fused-ring (bicyclic) bond motifs is 1. The van der Waals surface area contributed by atoms with Crippen molar-refractivity contribution in [2.45, 2.75) is 12.8 Å². The van der Waals surface area contributed by atoms with Gasteiger partial charge in [-0.15, -0.1) is 0 Å². The van der Waals surface area contributed by atoms with Gasteiger partial charge < -0.3 is 10.1 Å². The number of carbonyl (C=O) groups excluding carboxylic acids is 1. The normalized spacial score (nSPS) is 11.1. The van der Waals surface area contributed by atoms with Crippen LogP contribution in [-0.2, 0) is 11.2 Å². The number of phenols is 1. The molecule has 0 radical (unpaired) electrons. The number of hydrogen-bond donors (Lipinski definition) is 3. The number of amides is 1. The average Bonchev–Trinajstić information content (AvgIpc) is 2.98. The number of carbonyl (C=O) groups is 1. The molecule has 2 aromatic carbocycles. The van der Waals surface area contributed by atoms with Crippen LogP contribution in [0.5, 0.6) is 5.75 Å². The van der Waals surface area contributed by atoms with Crippen LogP contribution in [0.1, 0.15) is 17.5 Å². The fraction of sp³-hybridized carbons (Fsp3) is 0.111. The zero-order chi connectivity index (χ0) is 16.1. The van der Waals surface area contributed by atoms with Gasteiger partial charge in [0.1, 0.15) is 5.75 Å². The van der Waals surface area contributed by atoms with Crippen molar-refractivity contribution < 1.29 is 9.90 Å². The molecule has 0 aliphatic heterocycles. The number of para-hydroxylation sites is 2. The third-order valence-electron chi connectivity index (χ3n) is 3.63. The molecule has 0 aliphatic rings. The van der Waals surface area contributed by atoms with E-state index < -0.39 is 0 Å². The molecule has 3 aromatic rings. The number of aryl methyl sites for hydroxylation is 1. The SMILES string of the molecule is O=C(CCc1c[nH]c2ccccc12)NN=Cc1ccccc1O. The van der Waals surface area contributed by atoms with E-state index in [0.29, 0.717) is 18.4 Å². The van der Waals surface area contributed by atoms with Crippen LogP contribution in [0.4, 0.5) is 0 Å². The molecule has 0 saturated heterocycles. The van der Waals surface area contributed by atoms with Gasteiger partial charge in [-0.05, 0) is 30.2 Å². The molecule has 0 spiro atoms. The summed E-state index contributed by atoms with van der Waals surface area (Å²) in [5, 5.41) is 14.6. The Morgan fingerprint density at radius 3 is 2.83 bits per heavy atom. The lowest BCUT2D eigenvalue weighted by Gasteiger charge is -2.00. The second-order valence-corrected chi connectivity index (χ2v) is 5.21. The summed E-state index contributed by atoms with van der Waals surface area (Å²) in [6.45, 7) is 0. The molecule has 1 heterocycles. The van der Waals surface area contributed by atoms with Crippen molar-refractivity contribution in [3.05, 3.63) is 65.9 Å². The number of hydrogen-bond acceptors (Lipinski definition) is 3. The smallest absolute Gasteiger partial charge is 0.240 e. The van der Waals surface area contributed by atoms with E-state index >= 15 is 0 Å². The van der Waals surface area contributed by atoms with Crippen LogP contribution in [-0.4, -0.2) is 22.2 Å². The maximum Gasteiger partial charge on any atom is 0.240 e. The van der Waals surface area contributed by atoms with Crippen molar-refractivity contribution >= 4 is 23.0 Å². The Morgan fingerprint density at radius 1 is 1.17 bits per heavy atom. The minimum atomic E-state index is -0.165. The van der Waals surface area contributed by atoms with E-state index in [9.17, 15) is 9.90 Å². The lowest BCUT2D eigenvalue weighted by molar-refractivity contribution is -0.121. The van der Waals surface area contributed by atoms with Crippen molar-refractivity contribution in [3.63, 3.8) is 0 Å². The van der Waals surface area contributed by atoms with Crippen molar-refractivity contribution in [3.8, 4) is 5.75 Å². The summed E-state index contributed by atoms with van der Waals surface area (Å²) in [4.78, 5) is 15.0. The van der Waals surface area contributed by atoms with Gasteiger partial charge in [0.2, 0.25) is 5.91 Å². The first kappa shape index (κ1) is 14.8. The van der Waals surface area contributed by atoms with Gasteiger partial charge in [0, 0.05) is 29.1 Å². The minimum Gasteiger partial charge on any atom is -0.507 e. The highest BCUT2D eigenvalue weighted by Crippen LogP contribution is 2.18. The van der Waals surface area contributed by atoms with E-state index in [1.54, 1.807) is 24.3 Å². The van der Waals surface area contributed by atoms with Gasteiger partial charge in [-0.1, -0.05) is 30.3 Å². The largest absolute Gasteiger partial charge is 0.507 e. The van der Waals surface area contributed by atoms with Crippen LogP contribution >= 0.6 is 0 Å². The van der Waals surface area contributed by atoms with Gasteiger partial charge in [0.15, 0.2) is 0 Å². The maximum absolute atomic E-state index is 11.9. The molecule has 23 heavy (non-hydrogen) atoms. The molecule has 116 valence electrons. The summed E-state index contributed by atoms with van der Waals surface area (Å²) >= 11 is 0. The van der Waals surface area contributed by atoms with Crippen molar-refractivity contribution in [2.24, 2.45) is 5.10 Å². The number of nitrogens with zero attached hydrogens (tertiary/aromatic N) is 1. The number of aromatic amines is 1. The Balaban J connectivity index is 1.55. The minimum absolute atomic E-state index is 0.129. The Kier molecular flexibility index (Phi) is 4.38. The number of aromatic hydroxyl groups is 1. The third-order valence-corrected chi connectivity index (χ3v) is 3.63. The molecular formula is C18H17N3O2. The quantitative estimate of drug-likeness (QED) is 0.500. The molecule has 3 N–H and O–H groups in total. The molecular weight excluding hydrogens is 290 g/mol. The monoisotopic (exact) mass is 307 g/mol. The van der Waals surface area contributed by atoms with Crippen LogP contribution in [0.2, 0.25) is 0 Å². The van der Waals surface area contributed by atoms with Crippen LogP contribution in [0.3, 0.4) is 0 Å². The van der Waals surface area contributed by atoms with Crippen molar-refractivity contribution in [1.29, 1.82) is 0 Å². The number of H-pyrrole nitrogens is 1. The fourth-order valence-electron chi connectivity index (χ4n) is 2.41. The van der Waals surface area contributed by atoms with E-state index in [1.807, 2.05) is 30.5 Å². The number of nitrogens with one attached hydrogen (secondary N) is 2. The lowest BCUT2D eigenvalue weighted by Crippen LogP contribution is -2.17. The Morgan fingerprint density at radius 2 is 1.96 bits per heavy atom. The van der Waals surface area contributed by atoms with E-state index in [4.69, 9.17) is 0 Å². The summed E-state index contributed by atoms with van der Waals surface area (Å²) in [6.07, 6.45) is 4.35. The first-order valence-electron chi connectivity index (χ1n) is 7.39. The molecule has 3 rings (SSSR count). The average molecular weight is 307 g/mol. The summed E-state index contributed by atoms with van der Waals surface area (Å²) in [5.41, 5.74) is 5.22. The van der Waals surface area contributed by atoms with Gasteiger partial charge in [0.05, 0.1) is 6.21 Å². The molecule has 1 aromatic heterocycles. The predicted molar refractivity (Wildman–Crippen MR) is 90.5 cm³/mol. The number of phenolic OH excluding ortho intramolecular Hbond substituents is 1. The van der Waals surface area contributed by atoms with Gasteiger partial charge in [0.25, 0.3) is 0 Å². The van der Waals surface area contributed by atoms with Gasteiger partial charge in [-0.25, -0.2) is 5.43 Å². The second-order valence-electron chi connectivity index (χ2n) is 5.21. The fourth-order valence-corrected chi connectivity index (χ4v) is 2.41. The van der Waals surface area contributed by atoms with Crippen molar-refractivity contribution in [1.82, 2.24) is 10.4 Å². The molecule has 0 atom stereocenters. The van der Waals surface area contributed by atoms with Gasteiger partial charge >= 0.3 is 0 Å². The summed E-state index contributed by atoms with van der Waals surface area (Å²) in [7, 11) is 0. The van der Waals surface area contributed by atoms with E-state index in [1.165, 1.54) is 6.21 Å². The number of aromatic nitrogens is 1. The van der Waals surface area contributed by atoms with Crippen LogP contribution in [0.25, 0.3) is 10.9 Å². The van der Waals surface area contributed by atoms with E-state index in [0.717, 1.165) is 16.5 Å². The van der Waals surface area contributed by atoms with Crippen LogP contribution in [0, 0.1) is 0 Å². The molecule has 0 unspecified atom stereocenters. The number of benzene rings is 2. The standard InChI is InChI=1S/C18H17N3O2/c22-17-8-4-1-5-14(17)12-20-21-18(23)10-9-13-11-19-16-7-3-2-6-15(13)16/h1-8,11-12,19,22H,9-10H2,(H,21,23). The van der Waals surface area contributed by atoms with E-state index in [2.05, 4.69) is 15.5 Å². The first-order valence-corrected chi connectivity index (χ1v) is 7.39. The van der Waals surface area contributed by atoms with Crippen molar-refractivity contribution in [2.75, 3.05) is 0 Å². The number of rotatable bonds is 5. The second kappa shape index (κ2) is 6.79. The number of hydrazone groups is 1. The van der Waals surface area contributed by atoms with Crippen LogP contribution < -0.4 is 5.43 Å². The zero-order valence-corrected chi connectivity index (χ0v) is 12.5. The third kappa shape index (κ3) is 3.58. The molecule has 0 saturated carbocycles. The highest BCUT2D eigenvalue weighted by Gasteiger charge is 2.06. The highest BCUT2D eigenvalue weighted by atomic mass is 16.3. The molecule has 0 bridgehead atoms. The first-order chi connectivity index (χ1) is 11.2. The lowest BCUT2D eigenvalue weighted by atomic mass is 10.1. The molecule has 0 aliphatic carbocycles. The molecule has 0 fully saturated rings. The Bertz CT molecular complexity index is 852. The zero-order valence-electron chi connectivity index (χ0n) is 12.5.